The summed E-state index contributed by atoms with van der Waals surface area (Å²) in [6, 6.07) is 12.9. The van der Waals surface area contributed by atoms with Crippen molar-refractivity contribution in [1.29, 1.82) is 0 Å². The van der Waals surface area contributed by atoms with E-state index in [0.717, 1.165) is 22.6 Å². The Hall–Kier alpha value is -2.80. The van der Waals surface area contributed by atoms with Crippen molar-refractivity contribution in [3.05, 3.63) is 69.5 Å². The minimum Gasteiger partial charge on any atom is -0.503 e. The van der Waals surface area contributed by atoms with Crippen molar-refractivity contribution in [2.75, 3.05) is 7.11 Å². The van der Waals surface area contributed by atoms with Gasteiger partial charge < -0.3 is 15.2 Å². The SMILES string of the molecule is COc1cc(C(=O)NCc2c(C)nn(-c3ccccc3)c2C)cc(Br)c1O. The largest absolute Gasteiger partial charge is 0.503 e. The van der Waals surface area contributed by atoms with E-state index >= 15 is 0 Å². The number of amides is 1. The molecule has 0 fully saturated rings. The zero-order chi connectivity index (χ0) is 19.6. The monoisotopic (exact) mass is 429 g/mol. The van der Waals surface area contributed by atoms with Crippen molar-refractivity contribution in [2.45, 2.75) is 20.4 Å². The van der Waals surface area contributed by atoms with Gasteiger partial charge in [-0.1, -0.05) is 18.2 Å². The molecule has 0 saturated carbocycles. The summed E-state index contributed by atoms with van der Waals surface area (Å²) in [6.45, 7) is 4.26. The lowest BCUT2D eigenvalue weighted by Gasteiger charge is -2.10. The Morgan fingerprint density at radius 1 is 1.26 bits per heavy atom. The maximum absolute atomic E-state index is 12.6. The highest BCUT2D eigenvalue weighted by Gasteiger charge is 2.16. The fourth-order valence-electron chi connectivity index (χ4n) is 2.88. The molecule has 0 saturated heterocycles. The number of aromatic nitrogens is 2. The van der Waals surface area contributed by atoms with Crippen LogP contribution in [0, 0.1) is 13.8 Å². The molecule has 0 aliphatic rings. The summed E-state index contributed by atoms with van der Waals surface area (Å²) >= 11 is 3.23. The molecule has 2 N–H and O–H groups in total. The van der Waals surface area contributed by atoms with Gasteiger partial charge in [0.15, 0.2) is 11.5 Å². The number of nitrogens with zero attached hydrogens (tertiary/aromatic N) is 2. The van der Waals surface area contributed by atoms with Gasteiger partial charge >= 0.3 is 0 Å². The van der Waals surface area contributed by atoms with Gasteiger partial charge in [0.05, 0.1) is 23.0 Å². The minimum absolute atomic E-state index is 0.0372. The Labute approximate surface area is 165 Å². The van der Waals surface area contributed by atoms with Gasteiger partial charge in [-0.2, -0.15) is 5.10 Å². The summed E-state index contributed by atoms with van der Waals surface area (Å²) in [5, 5.41) is 17.4. The van der Waals surface area contributed by atoms with Crippen molar-refractivity contribution in [1.82, 2.24) is 15.1 Å². The molecule has 3 aromatic rings. The summed E-state index contributed by atoms with van der Waals surface area (Å²) < 4.78 is 7.37. The Morgan fingerprint density at radius 3 is 2.63 bits per heavy atom. The minimum atomic E-state index is -0.264. The molecule has 0 bridgehead atoms. The number of hydrogen-bond donors (Lipinski definition) is 2. The van der Waals surface area contributed by atoms with Crippen LogP contribution < -0.4 is 10.1 Å². The quantitative estimate of drug-likeness (QED) is 0.644. The molecular weight excluding hydrogens is 410 g/mol. The number of phenolic OH excluding ortho intramolecular Hbond substituents is 1. The zero-order valence-electron chi connectivity index (χ0n) is 15.3. The molecule has 2 aromatic carbocycles. The van der Waals surface area contributed by atoms with Crippen LogP contribution in [-0.4, -0.2) is 27.9 Å². The lowest BCUT2D eigenvalue weighted by atomic mass is 10.1. The van der Waals surface area contributed by atoms with Gasteiger partial charge in [-0.05, 0) is 54.0 Å². The molecule has 140 valence electrons. The third-order valence-electron chi connectivity index (χ3n) is 4.38. The summed E-state index contributed by atoms with van der Waals surface area (Å²) in [5.74, 6) is -0.0658. The Kier molecular flexibility index (Phi) is 5.51. The van der Waals surface area contributed by atoms with E-state index in [2.05, 4.69) is 26.3 Å². The molecular formula is C20H20BrN3O3. The number of carbonyl (C=O) groups excluding carboxylic acids is 1. The third-order valence-corrected chi connectivity index (χ3v) is 4.98. The lowest BCUT2D eigenvalue weighted by Crippen LogP contribution is -2.23. The van der Waals surface area contributed by atoms with Crippen LogP contribution in [0.5, 0.6) is 11.5 Å². The van der Waals surface area contributed by atoms with Crippen molar-refractivity contribution < 1.29 is 14.6 Å². The fourth-order valence-corrected chi connectivity index (χ4v) is 3.32. The average Bonchev–Trinajstić information content (AvgIpc) is 2.96. The Bertz CT molecular complexity index is 984. The van der Waals surface area contributed by atoms with Gasteiger partial charge in [0.25, 0.3) is 5.91 Å². The van der Waals surface area contributed by atoms with Crippen LogP contribution in [0.4, 0.5) is 0 Å². The zero-order valence-corrected chi connectivity index (χ0v) is 16.9. The topological polar surface area (TPSA) is 76.4 Å². The second-order valence-electron chi connectivity index (χ2n) is 6.09. The van der Waals surface area contributed by atoms with Crippen molar-refractivity contribution in [3.8, 4) is 17.2 Å². The number of para-hydroxylation sites is 1. The summed E-state index contributed by atoms with van der Waals surface area (Å²) in [4.78, 5) is 12.6. The number of rotatable bonds is 5. The molecule has 6 nitrogen and oxygen atoms in total. The number of methoxy groups -OCH3 is 1. The lowest BCUT2D eigenvalue weighted by molar-refractivity contribution is 0.0950. The number of benzene rings is 2. The number of halogens is 1. The maximum atomic E-state index is 12.6. The molecule has 0 spiro atoms. The molecule has 3 rings (SSSR count). The maximum Gasteiger partial charge on any atom is 0.251 e. The highest BCUT2D eigenvalue weighted by molar-refractivity contribution is 9.10. The average molecular weight is 430 g/mol. The highest BCUT2D eigenvalue weighted by atomic mass is 79.9. The molecule has 1 heterocycles. The van der Waals surface area contributed by atoms with Crippen molar-refractivity contribution in [2.24, 2.45) is 0 Å². The van der Waals surface area contributed by atoms with Crippen molar-refractivity contribution >= 4 is 21.8 Å². The van der Waals surface area contributed by atoms with Gasteiger partial charge in [0.1, 0.15) is 0 Å². The normalized spacial score (nSPS) is 10.7. The number of nitrogens with one attached hydrogen (secondary N) is 1. The van der Waals surface area contributed by atoms with Crippen molar-refractivity contribution in [3.63, 3.8) is 0 Å². The first kappa shape index (κ1) is 19.0. The molecule has 1 aromatic heterocycles. The highest BCUT2D eigenvalue weighted by Crippen LogP contribution is 2.35. The second-order valence-corrected chi connectivity index (χ2v) is 6.94. The number of phenols is 1. The molecule has 0 atom stereocenters. The van der Waals surface area contributed by atoms with Crippen LogP contribution in [0.25, 0.3) is 5.69 Å². The van der Waals surface area contributed by atoms with Crippen LogP contribution in [0.15, 0.2) is 46.9 Å². The molecule has 7 heteroatoms. The van der Waals surface area contributed by atoms with Crippen LogP contribution in [0.2, 0.25) is 0 Å². The van der Waals surface area contributed by atoms with E-state index < -0.39 is 0 Å². The Morgan fingerprint density at radius 2 is 1.96 bits per heavy atom. The van der Waals surface area contributed by atoms with Crippen LogP contribution in [-0.2, 0) is 6.54 Å². The first-order valence-corrected chi connectivity index (χ1v) is 9.17. The van der Waals surface area contributed by atoms with E-state index in [1.807, 2.05) is 48.9 Å². The van der Waals surface area contributed by atoms with E-state index in [1.54, 1.807) is 6.07 Å². The molecule has 0 aliphatic carbocycles. The van der Waals surface area contributed by atoms with E-state index in [1.165, 1.54) is 13.2 Å². The standard InChI is InChI=1S/C20H20BrN3O3/c1-12-16(13(2)24(23-12)15-7-5-4-6-8-15)11-22-20(26)14-9-17(21)19(25)18(10-14)27-3/h4-10,25H,11H2,1-3H3,(H,22,26). The summed E-state index contributed by atoms with van der Waals surface area (Å²) in [5.41, 5.74) is 4.17. The van der Waals surface area contributed by atoms with Gasteiger partial charge in [0, 0.05) is 23.4 Å². The first-order chi connectivity index (χ1) is 12.9. The molecule has 1 amide bonds. The summed E-state index contributed by atoms with van der Waals surface area (Å²) in [7, 11) is 1.44. The number of aryl methyl sites for hydroxylation is 1. The van der Waals surface area contributed by atoms with E-state index in [9.17, 15) is 9.90 Å². The Balaban J connectivity index is 1.80. The van der Waals surface area contributed by atoms with Crippen LogP contribution in [0.3, 0.4) is 0 Å². The molecule has 27 heavy (non-hydrogen) atoms. The second kappa shape index (κ2) is 7.84. The van der Waals surface area contributed by atoms with Gasteiger partial charge in [0.2, 0.25) is 0 Å². The smallest absolute Gasteiger partial charge is 0.251 e. The van der Waals surface area contributed by atoms with Crippen LogP contribution >= 0.6 is 15.9 Å². The first-order valence-electron chi connectivity index (χ1n) is 8.37. The predicted octanol–water partition coefficient (Wildman–Crippen LogP) is 3.90. The fraction of sp³-hybridized carbons (Fsp3) is 0.200. The number of aromatic hydroxyl groups is 1. The van der Waals surface area contributed by atoms with Crippen LogP contribution in [0.1, 0.15) is 27.3 Å². The third kappa shape index (κ3) is 3.83. The molecule has 0 unspecified atom stereocenters. The van der Waals surface area contributed by atoms with Gasteiger partial charge in [-0.15, -0.1) is 0 Å². The van der Waals surface area contributed by atoms with Gasteiger partial charge in [-0.3, -0.25) is 4.79 Å². The molecule has 0 radical (unpaired) electrons. The number of carbonyl (C=O) groups is 1. The molecule has 0 aliphatic heterocycles. The number of hydrogen-bond acceptors (Lipinski definition) is 4. The summed E-state index contributed by atoms with van der Waals surface area (Å²) in [6.07, 6.45) is 0. The number of ether oxygens (including phenoxy) is 1. The predicted molar refractivity (Wildman–Crippen MR) is 107 cm³/mol. The van der Waals surface area contributed by atoms with E-state index in [4.69, 9.17) is 4.74 Å². The van der Waals surface area contributed by atoms with E-state index in [0.29, 0.717) is 16.6 Å². The van der Waals surface area contributed by atoms with Gasteiger partial charge in [-0.25, -0.2) is 4.68 Å². The van der Waals surface area contributed by atoms with E-state index in [-0.39, 0.29) is 17.4 Å².